The van der Waals surface area contributed by atoms with Crippen LogP contribution in [0.4, 0.5) is 5.69 Å². The highest BCUT2D eigenvalue weighted by molar-refractivity contribution is 7.99. The Morgan fingerprint density at radius 3 is 2.48 bits per heavy atom. The van der Waals surface area contributed by atoms with Crippen molar-refractivity contribution < 1.29 is 9.53 Å². The zero-order valence-electron chi connectivity index (χ0n) is 12.3. The molecule has 0 aromatic heterocycles. The Bertz CT molecular complexity index is 586. The van der Waals surface area contributed by atoms with Crippen molar-refractivity contribution in [2.45, 2.75) is 4.90 Å². The Morgan fingerprint density at radius 2 is 1.76 bits per heavy atom. The first-order valence-electron chi connectivity index (χ1n) is 6.78. The van der Waals surface area contributed by atoms with E-state index < -0.39 is 0 Å². The smallest absolute Gasteiger partial charge is 0.339 e. The average molecular weight is 301 g/mol. The minimum absolute atomic E-state index is 0.298. The largest absolute Gasteiger partial charge is 0.465 e. The summed E-state index contributed by atoms with van der Waals surface area (Å²) in [5.74, 6) is 0.656. The van der Waals surface area contributed by atoms with Crippen LogP contribution in [0.15, 0.2) is 59.5 Å². The van der Waals surface area contributed by atoms with Crippen molar-refractivity contribution in [3.05, 3.63) is 60.2 Å². The second-order valence-electron chi connectivity index (χ2n) is 4.59. The Labute approximate surface area is 129 Å². The summed E-state index contributed by atoms with van der Waals surface area (Å²) in [7, 11) is 3.40. The lowest BCUT2D eigenvalue weighted by atomic mass is 10.1. The quantitative estimate of drug-likeness (QED) is 0.601. The molecule has 0 aliphatic carbocycles. The normalized spacial score (nSPS) is 10.2. The molecule has 0 N–H and O–H groups in total. The third kappa shape index (κ3) is 4.26. The number of anilines is 1. The van der Waals surface area contributed by atoms with Gasteiger partial charge in [0.2, 0.25) is 0 Å². The van der Waals surface area contributed by atoms with Crippen LogP contribution in [0.3, 0.4) is 0 Å². The molecule has 0 bridgehead atoms. The van der Waals surface area contributed by atoms with E-state index in [2.05, 4.69) is 17.0 Å². The highest BCUT2D eigenvalue weighted by atomic mass is 32.2. The average Bonchev–Trinajstić information content (AvgIpc) is 2.55. The van der Waals surface area contributed by atoms with E-state index >= 15 is 0 Å². The molecule has 110 valence electrons. The second kappa shape index (κ2) is 7.74. The van der Waals surface area contributed by atoms with Crippen LogP contribution in [-0.4, -0.2) is 32.4 Å². The first kappa shape index (κ1) is 15.4. The van der Waals surface area contributed by atoms with E-state index in [-0.39, 0.29) is 5.97 Å². The topological polar surface area (TPSA) is 29.5 Å². The van der Waals surface area contributed by atoms with Crippen LogP contribution in [-0.2, 0) is 4.74 Å². The minimum atomic E-state index is -0.298. The molecule has 0 spiro atoms. The molecular formula is C17H19NO2S. The van der Waals surface area contributed by atoms with Gasteiger partial charge < -0.3 is 9.64 Å². The number of nitrogens with zero attached hydrogens (tertiary/aromatic N) is 1. The maximum atomic E-state index is 11.8. The number of thioether (sulfide) groups is 1. The van der Waals surface area contributed by atoms with Crippen molar-refractivity contribution in [1.82, 2.24) is 0 Å². The summed E-state index contributed by atoms with van der Waals surface area (Å²) in [6.07, 6.45) is 0. The minimum Gasteiger partial charge on any atom is -0.465 e. The summed E-state index contributed by atoms with van der Waals surface area (Å²) >= 11 is 1.81. The molecule has 0 saturated carbocycles. The zero-order valence-corrected chi connectivity index (χ0v) is 13.1. The predicted molar refractivity (Wildman–Crippen MR) is 88.2 cm³/mol. The Kier molecular flexibility index (Phi) is 5.69. The lowest BCUT2D eigenvalue weighted by Gasteiger charge is -2.21. The number of benzene rings is 2. The molecule has 4 heteroatoms. The fourth-order valence-electron chi connectivity index (χ4n) is 2.03. The van der Waals surface area contributed by atoms with Crippen molar-refractivity contribution in [2.75, 3.05) is 31.4 Å². The number of para-hydroxylation sites is 1. The van der Waals surface area contributed by atoms with Crippen molar-refractivity contribution in [1.29, 1.82) is 0 Å². The van der Waals surface area contributed by atoms with Gasteiger partial charge in [-0.05, 0) is 24.3 Å². The first-order chi connectivity index (χ1) is 10.2. The summed E-state index contributed by atoms with van der Waals surface area (Å²) in [4.78, 5) is 15.1. The van der Waals surface area contributed by atoms with Crippen molar-refractivity contribution >= 4 is 23.4 Å². The third-order valence-electron chi connectivity index (χ3n) is 3.16. The molecule has 0 radical (unpaired) electrons. The summed E-state index contributed by atoms with van der Waals surface area (Å²) < 4.78 is 4.83. The maximum Gasteiger partial charge on any atom is 0.339 e. The molecule has 0 heterocycles. The molecule has 0 aliphatic rings. The molecule has 0 fully saturated rings. The van der Waals surface area contributed by atoms with Gasteiger partial charge in [-0.1, -0.05) is 30.3 Å². The predicted octanol–water partition coefficient (Wildman–Crippen LogP) is 3.70. The molecule has 0 saturated heterocycles. The van der Waals surface area contributed by atoms with Gasteiger partial charge in [0.15, 0.2) is 0 Å². The van der Waals surface area contributed by atoms with Crippen LogP contribution in [0.1, 0.15) is 10.4 Å². The van der Waals surface area contributed by atoms with Crippen LogP contribution in [0.25, 0.3) is 0 Å². The molecule has 0 unspecified atom stereocenters. The third-order valence-corrected chi connectivity index (χ3v) is 4.15. The molecule has 2 aromatic carbocycles. The molecule has 3 nitrogen and oxygen atoms in total. The fourth-order valence-corrected chi connectivity index (χ4v) is 2.98. The lowest BCUT2D eigenvalue weighted by Crippen LogP contribution is -2.22. The summed E-state index contributed by atoms with van der Waals surface area (Å²) in [5, 5.41) is 0. The van der Waals surface area contributed by atoms with Gasteiger partial charge in [-0.2, -0.15) is 0 Å². The van der Waals surface area contributed by atoms with Crippen molar-refractivity contribution in [2.24, 2.45) is 0 Å². The Balaban J connectivity index is 1.97. The molecular weight excluding hydrogens is 282 g/mol. The number of methoxy groups -OCH3 is 1. The first-order valence-corrected chi connectivity index (χ1v) is 7.77. The number of ether oxygens (including phenoxy) is 1. The second-order valence-corrected chi connectivity index (χ2v) is 5.76. The number of rotatable bonds is 6. The monoisotopic (exact) mass is 301 g/mol. The highest BCUT2D eigenvalue weighted by Crippen LogP contribution is 2.22. The maximum absolute atomic E-state index is 11.8. The highest BCUT2D eigenvalue weighted by Gasteiger charge is 2.13. The van der Waals surface area contributed by atoms with Gasteiger partial charge in [-0.15, -0.1) is 11.8 Å². The number of carbonyl (C=O) groups is 1. The molecule has 0 aliphatic heterocycles. The van der Waals surface area contributed by atoms with Crippen LogP contribution >= 0.6 is 11.8 Å². The lowest BCUT2D eigenvalue weighted by molar-refractivity contribution is 0.0601. The van der Waals surface area contributed by atoms with E-state index in [9.17, 15) is 4.79 Å². The van der Waals surface area contributed by atoms with Gasteiger partial charge in [-0.3, -0.25) is 0 Å². The summed E-state index contributed by atoms with van der Waals surface area (Å²) in [6, 6.07) is 17.8. The standard InChI is InChI=1S/C17H19NO2S/c1-18(12-13-21-14-8-4-3-5-9-14)16-11-7-6-10-15(16)17(19)20-2/h3-11H,12-13H2,1-2H3. The van der Waals surface area contributed by atoms with Crippen LogP contribution in [0.2, 0.25) is 0 Å². The number of hydrogen-bond donors (Lipinski definition) is 0. The van der Waals surface area contributed by atoms with E-state index in [0.29, 0.717) is 5.56 Å². The van der Waals surface area contributed by atoms with Crippen LogP contribution in [0.5, 0.6) is 0 Å². The number of esters is 1. The molecule has 21 heavy (non-hydrogen) atoms. The van der Waals surface area contributed by atoms with Gasteiger partial charge in [0.1, 0.15) is 0 Å². The van der Waals surface area contributed by atoms with Crippen LogP contribution < -0.4 is 4.90 Å². The Morgan fingerprint density at radius 1 is 1.10 bits per heavy atom. The molecule has 0 amide bonds. The number of carbonyl (C=O) groups excluding carboxylic acids is 1. The molecule has 0 atom stereocenters. The van der Waals surface area contributed by atoms with Gasteiger partial charge in [0.05, 0.1) is 18.4 Å². The van der Waals surface area contributed by atoms with E-state index in [1.807, 2.05) is 43.4 Å². The van der Waals surface area contributed by atoms with E-state index in [4.69, 9.17) is 4.74 Å². The van der Waals surface area contributed by atoms with Crippen molar-refractivity contribution in [3.8, 4) is 0 Å². The van der Waals surface area contributed by atoms with Gasteiger partial charge in [-0.25, -0.2) is 4.79 Å². The van der Waals surface area contributed by atoms with Gasteiger partial charge in [0, 0.05) is 24.2 Å². The zero-order chi connectivity index (χ0) is 15.1. The van der Waals surface area contributed by atoms with Gasteiger partial charge in [0.25, 0.3) is 0 Å². The fraction of sp³-hybridized carbons (Fsp3) is 0.235. The SMILES string of the molecule is COC(=O)c1ccccc1N(C)CCSc1ccccc1. The summed E-state index contributed by atoms with van der Waals surface area (Å²) in [5.41, 5.74) is 1.50. The Hall–Kier alpha value is -1.94. The van der Waals surface area contributed by atoms with Gasteiger partial charge >= 0.3 is 5.97 Å². The van der Waals surface area contributed by atoms with Crippen molar-refractivity contribution in [3.63, 3.8) is 0 Å². The van der Waals surface area contributed by atoms with E-state index in [0.717, 1.165) is 18.0 Å². The van der Waals surface area contributed by atoms with E-state index in [1.54, 1.807) is 17.8 Å². The summed E-state index contributed by atoms with van der Waals surface area (Å²) in [6.45, 7) is 0.855. The molecule has 2 aromatic rings. The number of hydrogen-bond acceptors (Lipinski definition) is 4. The van der Waals surface area contributed by atoms with Crippen LogP contribution in [0, 0.1) is 0 Å². The molecule has 2 rings (SSSR count). The van der Waals surface area contributed by atoms with E-state index in [1.165, 1.54) is 12.0 Å².